The molecule has 10 heteroatoms. The molecule has 1 unspecified atom stereocenters. The summed E-state index contributed by atoms with van der Waals surface area (Å²) in [7, 11) is 0. The van der Waals surface area contributed by atoms with E-state index in [1.165, 1.54) is 4.90 Å². The fraction of sp³-hybridized carbons (Fsp3) is 0.529. The van der Waals surface area contributed by atoms with Gasteiger partial charge in [-0.1, -0.05) is 12.1 Å². The number of carbonyl (C=O) groups is 2. The number of hydrogen-bond donors (Lipinski definition) is 4. The van der Waals surface area contributed by atoms with Gasteiger partial charge in [0.15, 0.2) is 0 Å². The molecule has 27 heavy (non-hydrogen) atoms. The van der Waals surface area contributed by atoms with E-state index in [2.05, 4.69) is 21.3 Å². The van der Waals surface area contributed by atoms with Gasteiger partial charge in [-0.25, -0.2) is 4.79 Å². The van der Waals surface area contributed by atoms with Crippen molar-refractivity contribution in [3.63, 3.8) is 0 Å². The zero-order chi connectivity index (χ0) is 19.9. The van der Waals surface area contributed by atoms with Crippen LogP contribution in [-0.2, 0) is 4.79 Å². The van der Waals surface area contributed by atoms with Crippen molar-refractivity contribution in [2.45, 2.75) is 19.1 Å². The molecule has 1 heterocycles. The quantitative estimate of drug-likeness (QED) is 0.588. The number of anilines is 1. The van der Waals surface area contributed by atoms with Crippen LogP contribution in [0, 0.1) is 6.92 Å². The zero-order valence-electron chi connectivity index (χ0n) is 15.0. The summed E-state index contributed by atoms with van der Waals surface area (Å²) in [5.41, 5.74) is 1.51. The number of urea groups is 1. The van der Waals surface area contributed by atoms with Crippen LogP contribution >= 0.6 is 0 Å². The molecule has 1 fully saturated rings. The summed E-state index contributed by atoms with van der Waals surface area (Å²) >= 11 is 0. The summed E-state index contributed by atoms with van der Waals surface area (Å²) in [5, 5.41) is 10.1. The van der Waals surface area contributed by atoms with Gasteiger partial charge < -0.3 is 21.3 Å². The fourth-order valence-electron chi connectivity index (χ4n) is 2.78. The van der Waals surface area contributed by atoms with Gasteiger partial charge in [-0.15, -0.1) is 0 Å². The van der Waals surface area contributed by atoms with Crippen LogP contribution in [0.25, 0.3) is 0 Å². The molecule has 7 nitrogen and oxygen atoms in total. The molecule has 2 rings (SSSR count). The van der Waals surface area contributed by atoms with E-state index in [-0.39, 0.29) is 13.1 Å². The molecule has 1 saturated heterocycles. The minimum absolute atomic E-state index is 0.261. The number of benzene rings is 1. The molecule has 0 aromatic heterocycles. The first kappa shape index (κ1) is 21.0. The van der Waals surface area contributed by atoms with Crippen LogP contribution < -0.4 is 21.3 Å². The molecule has 150 valence electrons. The average molecular weight is 387 g/mol. The third-order valence-electron chi connectivity index (χ3n) is 4.15. The Kier molecular flexibility index (Phi) is 7.43. The highest BCUT2D eigenvalue weighted by Crippen LogP contribution is 2.24. The topological polar surface area (TPSA) is 85.5 Å². The lowest BCUT2D eigenvalue weighted by Gasteiger charge is -2.35. The third-order valence-corrected chi connectivity index (χ3v) is 4.15. The van der Waals surface area contributed by atoms with Crippen molar-refractivity contribution in [3.8, 4) is 0 Å². The highest BCUT2D eigenvalue weighted by molar-refractivity contribution is 5.92. The number of aryl methyl sites for hydroxylation is 1. The first-order valence-corrected chi connectivity index (χ1v) is 8.65. The van der Waals surface area contributed by atoms with E-state index in [9.17, 15) is 22.8 Å². The monoisotopic (exact) mass is 387 g/mol. The van der Waals surface area contributed by atoms with Gasteiger partial charge in [0.1, 0.15) is 6.04 Å². The highest BCUT2D eigenvalue weighted by Gasteiger charge is 2.43. The van der Waals surface area contributed by atoms with Crippen LogP contribution in [0.4, 0.5) is 23.7 Å². The number of rotatable bonds is 6. The zero-order valence-corrected chi connectivity index (χ0v) is 15.0. The standard InChI is InChI=1S/C17H24F3N5O2/c1-12-3-2-4-13(9-12)24-16(27)23-11-15(26)22-10-14(17(18,19)20)25-7-5-21-6-8-25/h2-4,9,14,21H,5-8,10-11H2,1H3,(H,22,26)(H2,23,24,27). The number of nitrogens with one attached hydrogen (secondary N) is 4. The summed E-state index contributed by atoms with van der Waals surface area (Å²) in [4.78, 5) is 24.9. The second-order valence-corrected chi connectivity index (χ2v) is 6.32. The van der Waals surface area contributed by atoms with E-state index in [4.69, 9.17) is 0 Å². The molecule has 1 aliphatic rings. The second kappa shape index (κ2) is 9.56. The van der Waals surface area contributed by atoms with Crippen molar-refractivity contribution in [1.82, 2.24) is 20.9 Å². The van der Waals surface area contributed by atoms with Crippen molar-refractivity contribution in [3.05, 3.63) is 29.8 Å². The Morgan fingerprint density at radius 1 is 1.22 bits per heavy atom. The van der Waals surface area contributed by atoms with E-state index in [0.29, 0.717) is 18.8 Å². The van der Waals surface area contributed by atoms with E-state index in [1.807, 2.05) is 13.0 Å². The van der Waals surface area contributed by atoms with Crippen molar-refractivity contribution in [2.75, 3.05) is 44.6 Å². The molecular formula is C17H24F3N5O2. The fourth-order valence-corrected chi connectivity index (χ4v) is 2.78. The number of alkyl halides is 3. The number of nitrogens with zero attached hydrogens (tertiary/aromatic N) is 1. The number of hydrogen-bond acceptors (Lipinski definition) is 4. The third kappa shape index (κ3) is 7.06. The molecular weight excluding hydrogens is 363 g/mol. The Balaban J connectivity index is 1.77. The Morgan fingerprint density at radius 3 is 2.56 bits per heavy atom. The van der Waals surface area contributed by atoms with Gasteiger partial charge in [-0.2, -0.15) is 13.2 Å². The predicted octanol–water partition coefficient (Wildman–Crippen LogP) is 1.07. The molecule has 3 amide bonds. The Hall–Kier alpha value is -2.33. The van der Waals surface area contributed by atoms with Gasteiger partial charge in [-0.05, 0) is 24.6 Å². The van der Waals surface area contributed by atoms with Crippen LogP contribution in [0.5, 0.6) is 0 Å². The molecule has 0 spiro atoms. The Labute approximate surface area is 155 Å². The Bertz CT molecular complexity index is 648. The Morgan fingerprint density at radius 2 is 1.93 bits per heavy atom. The number of halogens is 3. The number of amides is 3. The van der Waals surface area contributed by atoms with E-state index in [1.54, 1.807) is 18.2 Å². The van der Waals surface area contributed by atoms with Crippen molar-refractivity contribution < 1.29 is 22.8 Å². The molecule has 1 aliphatic heterocycles. The van der Waals surface area contributed by atoms with Gasteiger partial charge in [0, 0.05) is 38.4 Å². The smallest absolute Gasteiger partial charge is 0.353 e. The molecule has 0 aliphatic carbocycles. The number of carbonyl (C=O) groups excluding carboxylic acids is 2. The molecule has 1 aromatic rings. The van der Waals surface area contributed by atoms with Gasteiger partial charge in [0.25, 0.3) is 0 Å². The highest BCUT2D eigenvalue weighted by atomic mass is 19.4. The van der Waals surface area contributed by atoms with Gasteiger partial charge >= 0.3 is 12.2 Å². The van der Waals surface area contributed by atoms with Crippen LogP contribution in [-0.4, -0.2) is 68.3 Å². The van der Waals surface area contributed by atoms with Gasteiger partial charge in [-0.3, -0.25) is 9.69 Å². The van der Waals surface area contributed by atoms with E-state index >= 15 is 0 Å². The minimum atomic E-state index is -4.44. The second-order valence-electron chi connectivity index (χ2n) is 6.32. The normalized spacial score (nSPS) is 16.4. The maximum absolute atomic E-state index is 13.3. The summed E-state index contributed by atoms with van der Waals surface area (Å²) in [6.07, 6.45) is -4.44. The molecule has 0 radical (unpaired) electrons. The maximum atomic E-state index is 13.3. The van der Waals surface area contributed by atoms with Crippen molar-refractivity contribution in [1.29, 1.82) is 0 Å². The van der Waals surface area contributed by atoms with E-state index < -0.39 is 37.2 Å². The minimum Gasteiger partial charge on any atom is -0.353 e. The summed E-state index contributed by atoms with van der Waals surface area (Å²) in [6.45, 7) is 2.37. The molecule has 4 N–H and O–H groups in total. The summed E-state index contributed by atoms with van der Waals surface area (Å²) in [5.74, 6) is -0.682. The van der Waals surface area contributed by atoms with Gasteiger partial charge in [0.2, 0.25) is 5.91 Å². The summed E-state index contributed by atoms with van der Waals surface area (Å²) in [6, 6.07) is 4.72. The maximum Gasteiger partial charge on any atom is 0.405 e. The number of piperazine rings is 1. The lowest BCUT2D eigenvalue weighted by atomic mass is 10.2. The largest absolute Gasteiger partial charge is 0.405 e. The molecule has 0 saturated carbocycles. The molecule has 1 aromatic carbocycles. The first-order chi connectivity index (χ1) is 12.8. The lowest BCUT2D eigenvalue weighted by Crippen LogP contribution is -2.58. The molecule has 1 atom stereocenters. The first-order valence-electron chi connectivity index (χ1n) is 8.65. The van der Waals surface area contributed by atoms with Gasteiger partial charge in [0.05, 0.1) is 6.54 Å². The lowest BCUT2D eigenvalue weighted by molar-refractivity contribution is -0.184. The van der Waals surface area contributed by atoms with Crippen LogP contribution in [0.3, 0.4) is 0 Å². The van der Waals surface area contributed by atoms with Crippen molar-refractivity contribution in [2.24, 2.45) is 0 Å². The predicted molar refractivity (Wildman–Crippen MR) is 95.5 cm³/mol. The summed E-state index contributed by atoms with van der Waals surface area (Å²) < 4.78 is 39.8. The molecule has 0 bridgehead atoms. The van der Waals surface area contributed by atoms with Crippen LogP contribution in [0.1, 0.15) is 5.56 Å². The van der Waals surface area contributed by atoms with Crippen LogP contribution in [0.15, 0.2) is 24.3 Å². The van der Waals surface area contributed by atoms with Crippen molar-refractivity contribution >= 4 is 17.6 Å². The van der Waals surface area contributed by atoms with Crippen LogP contribution in [0.2, 0.25) is 0 Å². The SMILES string of the molecule is Cc1cccc(NC(=O)NCC(=O)NCC(N2CCNCC2)C(F)(F)F)c1. The average Bonchev–Trinajstić information content (AvgIpc) is 2.60. The van der Waals surface area contributed by atoms with E-state index in [0.717, 1.165) is 5.56 Å².